The number of carbonyl (C=O) groups is 1. The van der Waals surface area contributed by atoms with Gasteiger partial charge < -0.3 is 15.0 Å². The third kappa shape index (κ3) is 4.71. The first kappa shape index (κ1) is 25.0. The molecule has 11 heteroatoms. The molecular formula is C25H37FN8O2. The fourth-order valence-electron chi connectivity index (χ4n) is 5.67. The molecule has 0 bridgehead atoms. The number of aryl methyl sites for hydroxylation is 1. The summed E-state index contributed by atoms with van der Waals surface area (Å²) < 4.78 is 21.7. The number of piperazine rings is 1. The minimum atomic E-state index is -0.561. The van der Waals surface area contributed by atoms with E-state index in [-0.39, 0.29) is 23.9 Å². The van der Waals surface area contributed by atoms with Gasteiger partial charge in [-0.3, -0.25) is 10.2 Å². The molecule has 0 aliphatic carbocycles. The Bertz CT molecular complexity index is 1130. The lowest BCUT2D eigenvalue weighted by Gasteiger charge is -2.45. The molecule has 5 heterocycles. The van der Waals surface area contributed by atoms with Gasteiger partial charge in [0.15, 0.2) is 17.5 Å². The van der Waals surface area contributed by atoms with Crippen LogP contribution in [-0.2, 0) is 16.8 Å². The van der Waals surface area contributed by atoms with Crippen molar-refractivity contribution in [2.24, 2.45) is 5.92 Å². The molecule has 196 valence electrons. The third-order valence-corrected chi connectivity index (χ3v) is 7.76. The van der Waals surface area contributed by atoms with E-state index in [1.165, 1.54) is 4.68 Å². The lowest BCUT2D eigenvalue weighted by Crippen LogP contribution is -2.59. The number of fused-ring (bicyclic) bond motifs is 1. The Morgan fingerprint density at radius 2 is 2.00 bits per heavy atom. The van der Waals surface area contributed by atoms with Gasteiger partial charge >= 0.3 is 6.03 Å². The molecule has 36 heavy (non-hydrogen) atoms. The molecule has 0 radical (unpaired) electrons. The second-order valence-corrected chi connectivity index (χ2v) is 10.9. The Morgan fingerprint density at radius 1 is 1.25 bits per heavy atom. The van der Waals surface area contributed by atoms with Gasteiger partial charge in [0.25, 0.3) is 0 Å². The highest BCUT2D eigenvalue weighted by Crippen LogP contribution is 2.37. The van der Waals surface area contributed by atoms with Crippen LogP contribution in [0.5, 0.6) is 0 Å². The number of hydrogen-bond donors (Lipinski definition) is 2. The van der Waals surface area contributed by atoms with Crippen molar-refractivity contribution in [2.75, 3.05) is 38.2 Å². The number of halogens is 1. The van der Waals surface area contributed by atoms with E-state index in [9.17, 15) is 9.18 Å². The lowest BCUT2D eigenvalue weighted by atomic mass is 9.97. The molecule has 0 saturated carbocycles. The molecule has 2 saturated heterocycles. The van der Waals surface area contributed by atoms with Crippen LogP contribution in [0, 0.1) is 18.7 Å². The van der Waals surface area contributed by atoms with Crippen molar-refractivity contribution in [1.29, 1.82) is 0 Å². The minimum Gasteiger partial charge on any atom is -0.381 e. The fourth-order valence-corrected chi connectivity index (χ4v) is 5.67. The van der Waals surface area contributed by atoms with Crippen LogP contribution in [0.25, 0.3) is 5.82 Å². The molecule has 5 rings (SSSR count). The van der Waals surface area contributed by atoms with Gasteiger partial charge in [0.1, 0.15) is 5.82 Å². The highest BCUT2D eigenvalue weighted by Gasteiger charge is 2.39. The SMILES string of the molecule is Cc1ncc(F)c(-n2nc(NC(=O)N3C[C@@H](C)N(CC4CCOCC4)C[C@@H]3C)c3c2C(C)(C)NC3)n1. The van der Waals surface area contributed by atoms with Crippen molar-refractivity contribution in [3.8, 4) is 5.82 Å². The first-order chi connectivity index (χ1) is 17.1. The summed E-state index contributed by atoms with van der Waals surface area (Å²) in [5.74, 6) is 1.07. The molecule has 3 aliphatic rings. The van der Waals surface area contributed by atoms with Crippen molar-refractivity contribution in [3.05, 3.63) is 29.1 Å². The van der Waals surface area contributed by atoms with Crippen LogP contribution < -0.4 is 10.6 Å². The zero-order valence-electron chi connectivity index (χ0n) is 21.8. The van der Waals surface area contributed by atoms with Crippen molar-refractivity contribution in [2.45, 2.75) is 71.6 Å². The monoisotopic (exact) mass is 500 g/mol. The Morgan fingerprint density at radius 3 is 2.75 bits per heavy atom. The van der Waals surface area contributed by atoms with Gasteiger partial charge in [-0.1, -0.05) is 0 Å². The van der Waals surface area contributed by atoms with Crippen LogP contribution in [-0.4, -0.2) is 80.5 Å². The Balaban J connectivity index is 1.35. The van der Waals surface area contributed by atoms with E-state index < -0.39 is 11.4 Å². The quantitative estimate of drug-likeness (QED) is 0.666. The van der Waals surface area contributed by atoms with E-state index in [0.717, 1.165) is 56.6 Å². The second-order valence-electron chi connectivity index (χ2n) is 10.9. The van der Waals surface area contributed by atoms with E-state index >= 15 is 0 Å². The van der Waals surface area contributed by atoms with Crippen LogP contribution in [0.2, 0.25) is 0 Å². The van der Waals surface area contributed by atoms with Gasteiger partial charge in [-0.15, -0.1) is 5.10 Å². The number of nitrogens with one attached hydrogen (secondary N) is 2. The van der Waals surface area contributed by atoms with E-state index in [0.29, 0.717) is 30.6 Å². The van der Waals surface area contributed by atoms with Gasteiger partial charge in [0.05, 0.1) is 17.4 Å². The molecular weight excluding hydrogens is 463 g/mol. The topological polar surface area (TPSA) is 100 Å². The molecule has 0 spiro atoms. The molecule has 2 atom stereocenters. The van der Waals surface area contributed by atoms with Crippen molar-refractivity contribution < 1.29 is 13.9 Å². The van der Waals surface area contributed by atoms with E-state index in [1.807, 2.05) is 18.7 Å². The summed E-state index contributed by atoms with van der Waals surface area (Å²) >= 11 is 0. The second kappa shape index (κ2) is 9.68. The number of amides is 2. The molecule has 10 nitrogen and oxygen atoms in total. The molecule has 2 N–H and O–H groups in total. The highest BCUT2D eigenvalue weighted by molar-refractivity contribution is 5.89. The van der Waals surface area contributed by atoms with Crippen molar-refractivity contribution in [3.63, 3.8) is 0 Å². The van der Waals surface area contributed by atoms with Gasteiger partial charge in [0.2, 0.25) is 0 Å². The zero-order chi connectivity index (χ0) is 25.6. The standard InChI is InChI=1S/C25H37FN8O2/c1-15-13-33(16(2)12-32(15)14-18-6-8-36-9-7-18)24(35)30-22-19-10-28-25(4,5)21(19)34(31-22)23-20(26)11-27-17(3)29-23/h11,15-16,18,28H,6-10,12-14H2,1-5H3,(H,30,31,35)/t15-,16+/m1/s1. The third-order valence-electron chi connectivity index (χ3n) is 7.76. The van der Waals surface area contributed by atoms with Crippen molar-refractivity contribution >= 4 is 11.8 Å². The average molecular weight is 501 g/mol. The van der Waals surface area contributed by atoms with Crippen molar-refractivity contribution in [1.82, 2.24) is 34.9 Å². The maximum absolute atomic E-state index is 14.7. The normalized spacial score (nSPS) is 24.7. The van der Waals surface area contributed by atoms with Crippen LogP contribution in [0.3, 0.4) is 0 Å². The molecule has 2 fully saturated rings. The summed E-state index contributed by atoms with van der Waals surface area (Å²) in [5.41, 5.74) is 1.18. The molecule has 0 unspecified atom stereocenters. The number of carbonyl (C=O) groups excluding carboxylic acids is 1. The van der Waals surface area contributed by atoms with Gasteiger partial charge in [-0.2, -0.15) is 0 Å². The van der Waals surface area contributed by atoms with E-state index in [1.54, 1.807) is 6.92 Å². The molecule has 3 aliphatic heterocycles. The van der Waals surface area contributed by atoms with Gasteiger partial charge in [-0.05, 0) is 53.4 Å². The van der Waals surface area contributed by atoms with Crippen LogP contribution in [0.15, 0.2) is 6.20 Å². The van der Waals surface area contributed by atoms with E-state index in [4.69, 9.17) is 4.74 Å². The van der Waals surface area contributed by atoms with Gasteiger partial charge in [0, 0.05) is 57.0 Å². The summed E-state index contributed by atoms with van der Waals surface area (Å²) in [5, 5.41) is 11.1. The Labute approximate surface area is 211 Å². The predicted octanol–water partition coefficient (Wildman–Crippen LogP) is 2.80. The first-order valence-electron chi connectivity index (χ1n) is 12.9. The summed E-state index contributed by atoms with van der Waals surface area (Å²) in [6, 6.07) is 0.140. The first-order valence-corrected chi connectivity index (χ1v) is 12.9. The number of rotatable bonds is 4. The largest absolute Gasteiger partial charge is 0.381 e. The highest BCUT2D eigenvalue weighted by atomic mass is 19.1. The maximum atomic E-state index is 14.7. The number of nitrogens with zero attached hydrogens (tertiary/aromatic N) is 6. The zero-order valence-corrected chi connectivity index (χ0v) is 21.8. The maximum Gasteiger partial charge on any atom is 0.323 e. The average Bonchev–Trinajstić information content (AvgIpc) is 3.36. The number of aromatic nitrogens is 4. The number of hydrogen-bond acceptors (Lipinski definition) is 7. The number of anilines is 1. The number of urea groups is 1. The Hall–Kier alpha value is -2.63. The van der Waals surface area contributed by atoms with Gasteiger partial charge in [-0.25, -0.2) is 23.8 Å². The summed E-state index contributed by atoms with van der Waals surface area (Å²) in [4.78, 5) is 26.1. The Kier molecular flexibility index (Phi) is 6.73. The summed E-state index contributed by atoms with van der Waals surface area (Å²) in [6.45, 7) is 14.7. The fraction of sp³-hybridized carbons (Fsp3) is 0.680. The summed E-state index contributed by atoms with van der Waals surface area (Å²) in [6.07, 6.45) is 3.36. The van der Waals surface area contributed by atoms with Crippen LogP contribution in [0.1, 0.15) is 57.6 Å². The summed E-state index contributed by atoms with van der Waals surface area (Å²) in [7, 11) is 0. The minimum absolute atomic E-state index is 0.0627. The smallest absolute Gasteiger partial charge is 0.323 e. The van der Waals surface area contributed by atoms with Crippen LogP contribution in [0.4, 0.5) is 15.0 Å². The molecule has 0 aromatic carbocycles. The van der Waals surface area contributed by atoms with E-state index in [2.05, 4.69) is 44.4 Å². The predicted molar refractivity (Wildman–Crippen MR) is 133 cm³/mol. The molecule has 2 aromatic heterocycles. The molecule has 2 aromatic rings. The van der Waals surface area contributed by atoms with Crippen LogP contribution >= 0.6 is 0 Å². The number of ether oxygens (including phenoxy) is 1. The lowest BCUT2D eigenvalue weighted by molar-refractivity contribution is 0.0206. The molecule has 2 amide bonds.